The molecule has 1 N–H and O–H groups in total. The van der Waals surface area contributed by atoms with Gasteiger partial charge < -0.3 is 19.3 Å². The molecule has 0 aromatic carbocycles. The lowest BCUT2D eigenvalue weighted by Gasteiger charge is -2.24. The van der Waals surface area contributed by atoms with Gasteiger partial charge in [-0.15, -0.1) is 0 Å². The van der Waals surface area contributed by atoms with Crippen molar-refractivity contribution in [2.24, 2.45) is 0 Å². The van der Waals surface area contributed by atoms with Crippen molar-refractivity contribution in [3.63, 3.8) is 0 Å². The van der Waals surface area contributed by atoms with Crippen molar-refractivity contribution in [3.8, 4) is 0 Å². The fourth-order valence-electron chi connectivity index (χ4n) is 2.90. The second-order valence-electron chi connectivity index (χ2n) is 4.79. The molecule has 3 heterocycles. The third kappa shape index (κ3) is 1.63. The van der Waals surface area contributed by atoms with Gasteiger partial charge in [0.1, 0.15) is 12.2 Å². The molecule has 0 radical (unpaired) electrons. The number of carbonyl (C=O) groups excluding carboxylic acids is 1. The van der Waals surface area contributed by atoms with E-state index in [2.05, 4.69) is 0 Å². The maximum Gasteiger partial charge on any atom is 0.308 e. The van der Waals surface area contributed by atoms with Gasteiger partial charge in [0, 0.05) is 19.4 Å². The van der Waals surface area contributed by atoms with Crippen LogP contribution in [0.25, 0.3) is 0 Å². The summed E-state index contributed by atoms with van der Waals surface area (Å²) in [5.41, 5.74) is 0. The fraction of sp³-hybridized carbons (Fsp3) is 0.909. The monoisotopic (exact) mass is 228 g/mol. The molecule has 3 aliphatic heterocycles. The SMILES string of the molecule is O=C1CC2OC3(CCC(CCO)O3)CC2O1. The Balaban J connectivity index is 1.64. The third-order valence-corrected chi connectivity index (χ3v) is 3.62. The normalized spacial score (nSPS) is 46.3. The molecule has 3 aliphatic rings. The Morgan fingerprint density at radius 3 is 3.00 bits per heavy atom. The molecular weight excluding hydrogens is 212 g/mol. The summed E-state index contributed by atoms with van der Waals surface area (Å²) in [6, 6.07) is 0. The summed E-state index contributed by atoms with van der Waals surface area (Å²) >= 11 is 0. The van der Waals surface area contributed by atoms with Crippen LogP contribution in [0.3, 0.4) is 0 Å². The smallest absolute Gasteiger partial charge is 0.308 e. The van der Waals surface area contributed by atoms with Crippen LogP contribution in [0.4, 0.5) is 0 Å². The quantitative estimate of drug-likeness (QED) is 0.691. The summed E-state index contributed by atoms with van der Waals surface area (Å²) in [4.78, 5) is 11.1. The number of carbonyl (C=O) groups is 1. The predicted octanol–water partition coefficient (Wildman–Crippen LogP) is 0.348. The molecule has 16 heavy (non-hydrogen) atoms. The van der Waals surface area contributed by atoms with E-state index in [0.717, 1.165) is 12.8 Å². The first kappa shape index (κ1) is 10.5. The van der Waals surface area contributed by atoms with E-state index in [-0.39, 0.29) is 30.9 Å². The molecule has 0 saturated carbocycles. The van der Waals surface area contributed by atoms with Crippen LogP contribution in [0, 0.1) is 0 Å². The Morgan fingerprint density at radius 2 is 2.25 bits per heavy atom. The summed E-state index contributed by atoms with van der Waals surface area (Å²) in [5.74, 6) is -0.717. The van der Waals surface area contributed by atoms with Crippen LogP contribution in [-0.4, -0.2) is 41.8 Å². The van der Waals surface area contributed by atoms with E-state index in [1.54, 1.807) is 0 Å². The van der Waals surface area contributed by atoms with Crippen molar-refractivity contribution in [3.05, 3.63) is 0 Å². The van der Waals surface area contributed by atoms with Crippen molar-refractivity contribution in [1.82, 2.24) is 0 Å². The number of esters is 1. The molecule has 0 aromatic rings. The van der Waals surface area contributed by atoms with E-state index in [0.29, 0.717) is 19.3 Å². The van der Waals surface area contributed by atoms with E-state index < -0.39 is 5.79 Å². The van der Waals surface area contributed by atoms with Crippen molar-refractivity contribution < 1.29 is 24.1 Å². The summed E-state index contributed by atoms with van der Waals surface area (Å²) in [7, 11) is 0. The lowest BCUT2D eigenvalue weighted by Crippen LogP contribution is -2.30. The first-order valence-electron chi connectivity index (χ1n) is 5.87. The summed E-state index contributed by atoms with van der Waals surface area (Å²) in [5, 5.41) is 8.86. The summed E-state index contributed by atoms with van der Waals surface area (Å²) in [6.45, 7) is 0.141. The van der Waals surface area contributed by atoms with Crippen LogP contribution in [0.5, 0.6) is 0 Å². The molecular formula is C11H16O5. The minimum absolute atomic E-state index is 0.0829. The summed E-state index contributed by atoms with van der Waals surface area (Å²) in [6.07, 6.45) is 3.22. The molecule has 0 aliphatic carbocycles. The van der Waals surface area contributed by atoms with Gasteiger partial charge in [0.05, 0.1) is 12.5 Å². The number of aliphatic hydroxyl groups is 1. The first-order valence-corrected chi connectivity index (χ1v) is 5.87. The molecule has 1 spiro atoms. The number of fused-ring (bicyclic) bond motifs is 1. The van der Waals surface area contributed by atoms with Crippen LogP contribution < -0.4 is 0 Å². The van der Waals surface area contributed by atoms with Gasteiger partial charge in [0.2, 0.25) is 0 Å². The molecule has 4 unspecified atom stereocenters. The number of hydrogen-bond donors (Lipinski definition) is 1. The Hall–Kier alpha value is -0.650. The van der Waals surface area contributed by atoms with Gasteiger partial charge in [0.15, 0.2) is 5.79 Å². The van der Waals surface area contributed by atoms with Gasteiger partial charge in [-0.05, 0) is 12.8 Å². The second kappa shape index (κ2) is 3.68. The average molecular weight is 228 g/mol. The van der Waals surface area contributed by atoms with E-state index in [4.69, 9.17) is 19.3 Å². The third-order valence-electron chi connectivity index (χ3n) is 3.62. The average Bonchev–Trinajstić information content (AvgIpc) is 2.82. The van der Waals surface area contributed by atoms with Crippen LogP contribution >= 0.6 is 0 Å². The van der Waals surface area contributed by atoms with Crippen LogP contribution in [-0.2, 0) is 19.0 Å². The van der Waals surface area contributed by atoms with Crippen molar-refractivity contribution in [2.75, 3.05) is 6.61 Å². The van der Waals surface area contributed by atoms with E-state index in [1.165, 1.54) is 0 Å². The Morgan fingerprint density at radius 1 is 1.38 bits per heavy atom. The molecule has 5 nitrogen and oxygen atoms in total. The lowest BCUT2D eigenvalue weighted by molar-refractivity contribution is -0.217. The number of ether oxygens (including phenoxy) is 3. The molecule has 90 valence electrons. The lowest BCUT2D eigenvalue weighted by atomic mass is 10.1. The highest BCUT2D eigenvalue weighted by atomic mass is 16.7. The van der Waals surface area contributed by atoms with Crippen LogP contribution in [0.1, 0.15) is 32.1 Å². The van der Waals surface area contributed by atoms with E-state index in [9.17, 15) is 4.79 Å². The molecule has 3 saturated heterocycles. The largest absolute Gasteiger partial charge is 0.459 e. The Kier molecular flexibility index (Phi) is 2.42. The van der Waals surface area contributed by atoms with Crippen LogP contribution in [0.15, 0.2) is 0 Å². The maximum absolute atomic E-state index is 11.1. The van der Waals surface area contributed by atoms with Gasteiger partial charge >= 0.3 is 5.97 Å². The standard InChI is InChI=1S/C11H16O5/c12-4-2-7-1-3-11(15-7)6-9-8(16-11)5-10(13)14-9/h7-9,12H,1-6H2. The highest BCUT2D eigenvalue weighted by Crippen LogP contribution is 2.46. The van der Waals surface area contributed by atoms with Crippen molar-refractivity contribution >= 4 is 5.97 Å². The molecule has 0 aromatic heterocycles. The molecule has 3 rings (SSSR count). The van der Waals surface area contributed by atoms with E-state index in [1.807, 2.05) is 0 Å². The zero-order valence-corrected chi connectivity index (χ0v) is 9.05. The zero-order chi connectivity index (χ0) is 11.2. The Bertz CT molecular complexity index is 287. The van der Waals surface area contributed by atoms with Crippen LogP contribution in [0.2, 0.25) is 0 Å². The number of hydrogen-bond acceptors (Lipinski definition) is 5. The van der Waals surface area contributed by atoms with Gasteiger partial charge in [-0.2, -0.15) is 0 Å². The zero-order valence-electron chi connectivity index (χ0n) is 9.05. The number of rotatable bonds is 2. The van der Waals surface area contributed by atoms with Gasteiger partial charge in [-0.3, -0.25) is 4.79 Å². The molecule has 4 atom stereocenters. The summed E-state index contributed by atoms with van der Waals surface area (Å²) < 4.78 is 16.9. The fourth-order valence-corrected chi connectivity index (χ4v) is 2.90. The highest BCUT2D eigenvalue weighted by Gasteiger charge is 2.55. The maximum atomic E-state index is 11.1. The van der Waals surface area contributed by atoms with Crippen molar-refractivity contribution in [2.45, 2.75) is 56.2 Å². The van der Waals surface area contributed by atoms with Crippen molar-refractivity contribution in [1.29, 1.82) is 0 Å². The van der Waals surface area contributed by atoms with Gasteiger partial charge in [0.25, 0.3) is 0 Å². The number of aliphatic hydroxyl groups excluding tert-OH is 1. The second-order valence-corrected chi connectivity index (χ2v) is 4.79. The van der Waals surface area contributed by atoms with Gasteiger partial charge in [-0.25, -0.2) is 0 Å². The predicted molar refractivity (Wildman–Crippen MR) is 52.5 cm³/mol. The van der Waals surface area contributed by atoms with E-state index >= 15 is 0 Å². The molecule has 0 amide bonds. The molecule has 0 bridgehead atoms. The minimum atomic E-state index is -0.546. The molecule has 5 heteroatoms. The topological polar surface area (TPSA) is 65.0 Å². The molecule has 3 fully saturated rings. The highest BCUT2D eigenvalue weighted by molar-refractivity contribution is 5.72. The first-order chi connectivity index (χ1) is 7.71. The minimum Gasteiger partial charge on any atom is -0.459 e. The van der Waals surface area contributed by atoms with Gasteiger partial charge in [-0.1, -0.05) is 0 Å². The Labute approximate surface area is 93.7 Å².